The quantitative estimate of drug-likeness (QED) is 0.217. The summed E-state index contributed by atoms with van der Waals surface area (Å²) in [5, 5.41) is 16.6. The van der Waals surface area contributed by atoms with Gasteiger partial charge in [0.25, 0.3) is 0 Å². The highest BCUT2D eigenvalue weighted by Crippen LogP contribution is 2.52. The molecule has 0 aliphatic rings. The molecule has 1 heteroatoms. The lowest BCUT2D eigenvalue weighted by Gasteiger charge is -2.25. The molecule has 0 amide bonds. The van der Waals surface area contributed by atoms with Gasteiger partial charge in [-0.2, -0.15) is 0 Å². The molecule has 9 rings (SSSR count). The molecular formula is C42H27N. The average molecular weight is 546 g/mol. The summed E-state index contributed by atoms with van der Waals surface area (Å²) in [5.41, 5.74) is 7.17. The van der Waals surface area contributed by atoms with Crippen LogP contribution < -0.4 is 5.32 Å². The van der Waals surface area contributed by atoms with Crippen molar-refractivity contribution in [1.82, 2.24) is 0 Å². The van der Waals surface area contributed by atoms with Gasteiger partial charge in [0.05, 0.1) is 5.69 Å². The second kappa shape index (κ2) is 9.44. The minimum absolute atomic E-state index is 1.07. The molecular weight excluding hydrogens is 518 g/mol. The van der Waals surface area contributed by atoms with Gasteiger partial charge in [0.15, 0.2) is 0 Å². The van der Waals surface area contributed by atoms with Gasteiger partial charge in [-0.15, -0.1) is 0 Å². The Balaban J connectivity index is 1.56. The third kappa shape index (κ3) is 3.65. The number of anilines is 2. The number of fused-ring (bicyclic) bond motifs is 2. The van der Waals surface area contributed by atoms with E-state index >= 15 is 0 Å². The van der Waals surface area contributed by atoms with Crippen molar-refractivity contribution in [1.29, 1.82) is 0 Å². The van der Waals surface area contributed by atoms with Crippen LogP contribution in [0.25, 0.3) is 76.1 Å². The van der Waals surface area contributed by atoms with Crippen LogP contribution in [0.1, 0.15) is 0 Å². The molecule has 0 unspecified atom stereocenters. The topological polar surface area (TPSA) is 12.0 Å². The monoisotopic (exact) mass is 545 g/mol. The van der Waals surface area contributed by atoms with E-state index in [-0.39, 0.29) is 0 Å². The molecule has 0 bridgehead atoms. The van der Waals surface area contributed by atoms with Gasteiger partial charge in [0, 0.05) is 27.6 Å². The molecule has 0 aliphatic heterocycles. The van der Waals surface area contributed by atoms with Crippen molar-refractivity contribution in [3.63, 3.8) is 0 Å². The first-order valence-electron chi connectivity index (χ1n) is 14.9. The van der Waals surface area contributed by atoms with E-state index in [2.05, 4.69) is 163 Å². The maximum atomic E-state index is 3.95. The van der Waals surface area contributed by atoms with E-state index in [1.807, 2.05) is 0 Å². The van der Waals surface area contributed by atoms with Gasteiger partial charge in [-0.05, 0) is 66.3 Å². The summed E-state index contributed by atoms with van der Waals surface area (Å²) in [6.07, 6.45) is 0. The van der Waals surface area contributed by atoms with Crippen molar-refractivity contribution in [2.45, 2.75) is 0 Å². The third-order valence-electron chi connectivity index (χ3n) is 8.98. The first kappa shape index (κ1) is 24.0. The van der Waals surface area contributed by atoms with Gasteiger partial charge in [-0.1, -0.05) is 146 Å². The maximum absolute atomic E-state index is 3.95. The van der Waals surface area contributed by atoms with Gasteiger partial charge in [-0.3, -0.25) is 0 Å². The highest BCUT2D eigenvalue weighted by molar-refractivity contribution is 6.32. The predicted molar refractivity (Wildman–Crippen MR) is 186 cm³/mol. The molecule has 9 aromatic rings. The molecule has 1 N–H and O–H groups in total. The maximum Gasteiger partial charge on any atom is 0.0550 e. The van der Waals surface area contributed by atoms with Crippen LogP contribution in [-0.2, 0) is 0 Å². The Hall–Kier alpha value is -5.66. The fraction of sp³-hybridized carbons (Fsp3) is 0. The summed E-state index contributed by atoms with van der Waals surface area (Å²) in [7, 11) is 0. The number of para-hydroxylation sites is 1. The van der Waals surface area contributed by atoms with Crippen molar-refractivity contribution in [3.05, 3.63) is 158 Å². The van der Waals surface area contributed by atoms with Crippen LogP contribution in [0.4, 0.5) is 11.4 Å². The van der Waals surface area contributed by atoms with E-state index in [0.717, 1.165) is 11.4 Å². The molecule has 0 fully saturated rings. The molecule has 0 saturated carbocycles. The van der Waals surface area contributed by atoms with Crippen LogP contribution in [-0.4, -0.2) is 0 Å². The lowest BCUT2D eigenvalue weighted by Crippen LogP contribution is -2.00. The van der Waals surface area contributed by atoms with Crippen molar-refractivity contribution in [2.75, 3.05) is 5.32 Å². The van der Waals surface area contributed by atoms with Crippen LogP contribution in [0, 0.1) is 0 Å². The molecule has 0 heterocycles. The highest BCUT2D eigenvalue weighted by Gasteiger charge is 2.24. The molecule has 1 nitrogen and oxygen atoms in total. The molecule has 0 atom stereocenters. The molecule has 9 aromatic carbocycles. The molecule has 0 saturated heterocycles. The Kier molecular flexibility index (Phi) is 5.27. The van der Waals surface area contributed by atoms with Gasteiger partial charge >= 0.3 is 0 Å². The zero-order valence-corrected chi connectivity index (χ0v) is 23.5. The highest BCUT2D eigenvalue weighted by atomic mass is 14.9. The minimum atomic E-state index is 1.07. The summed E-state index contributed by atoms with van der Waals surface area (Å²) < 4.78 is 0. The molecule has 0 radical (unpaired) electrons. The lowest BCUT2D eigenvalue weighted by atomic mass is 9.81. The zero-order valence-electron chi connectivity index (χ0n) is 23.5. The predicted octanol–water partition coefficient (Wildman–Crippen LogP) is 12.0. The van der Waals surface area contributed by atoms with Crippen LogP contribution in [0.15, 0.2) is 158 Å². The van der Waals surface area contributed by atoms with Crippen LogP contribution >= 0.6 is 0 Å². The smallest absolute Gasteiger partial charge is 0.0550 e. The lowest BCUT2D eigenvalue weighted by molar-refractivity contribution is 1.57. The second-order valence-corrected chi connectivity index (χ2v) is 11.3. The Morgan fingerprint density at radius 3 is 1.49 bits per heavy atom. The Bertz CT molecular complexity index is 2450. The van der Waals surface area contributed by atoms with Crippen molar-refractivity contribution in [3.8, 4) is 22.3 Å². The minimum Gasteiger partial charge on any atom is -0.354 e. The zero-order chi connectivity index (χ0) is 28.3. The molecule has 0 aromatic heterocycles. The Morgan fingerprint density at radius 1 is 0.302 bits per heavy atom. The van der Waals surface area contributed by atoms with E-state index in [4.69, 9.17) is 0 Å². The molecule has 0 aliphatic carbocycles. The third-order valence-corrected chi connectivity index (χ3v) is 8.98. The number of rotatable bonds is 4. The Labute approximate surface area is 250 Å². The molecule has 43 heavy (non-hydrogen) atoms. The van der Waals surface area contributed by atoms with E-state index < -0.39 is 0 Å². The number of hydrogen-bond acceptors (Lipinski definition) is 1. The summed E-state index contributed by atoms with van der Waals surface area (Å²) in [6, 6.07) is 57.4. The number of benzene rings is 9. The van der Waals surface area contributed by atoms with Crippen LogP contribution in [0.2, 0.25) is 0 Å². The van der Waals surface area contributed by atoms with Crippen molar-refractivity contribution < 1.29 is 0 Å². The normalized spacial score (nSPS) is 11.7. The molecule has 0 spiro atoms. The largest absolute Gasteiger partial charge is 0.354 e. The first-order chi connectivity index (χ1) is 21.3. The summed E-state index contributed by atoms with van der Waals surface area (Å²) in [6.45, 7) is 0. The number of hydrogen-bond donors (Lipinski definition) is 1. The van der Waals surface area contributed by atoms with Crippen LogP contribution in [0.3, 0.4) is 0 Å². The van der Waals surface area contributed by atoms with Gasteiger partial charge in [0.1, 0.15) is 0 Å². The van der Waals surface area contributed by atoms with E-state index in [0.29, 0.717) is 0 Å². The van der Waals surface area contributed by atoms with E-state index in [1.165, 1.54) is 76.1 Å². The van der Waals surface area contributed by atoms with Crippen LogP contribution in [0.5, 0.6) is 0 Å². The first-order valence-corrected chi connectivity index (χ1v) is 14.9. The summed E-state index contributed by atoms with van der Waals surface area (Å²) in [4.78, 5) is 0. The van der Waals surface area contributed by atoms with Gasteiger partial charge in [-0.25, -0.2) is 0 Å². The van der Waals surface area contributed by atoms with E-state index in [1.54, 1.807) is 0 Å². The SMILES string of the molecule is c1ccc(Nc2c(-c3cccc4ccccc34)c(-c3cccc4ccccc34)c3ccc4cccc5ccc2c3c54)cc1. The summed E-state index contributed by atoms with van der Waals surface area (Å²) >= 11 is 0. The summed E-state index contributed by atoms with van der Waals surface area (Å²) in [5.74, 6) is 0. The standard InChI is InChI=1S/C42H27N/c1-2-17-31(18-3-1)43-42-37-26-24-30-16-8-15-29-23-25-36(40(37)38(29)30)39(34-21-9-13-27-11-4-6-19-32(27)34)41(42)35-22-10-14-28-12-5-7-20-33(28)35/h1-26,43H. The van der Waals surface area contributed by atoms with Gasteiger partial charge < -0.3 is 5.32 Å². The van der Waals surface area contributed by atoms with Crippen molar-refractivity contribution >= 4 is 65.2 Å². The number of nitrogens with one attached hydrogen (secondary N) is 1. The fourth-order valence-corrected chi connectivity index (χ4v) is 7.13. The van der Waals surface area contributed by atoms with E-state index in [9.17, 15) is 0 Å². The van der Waals surface area contributed by atoms with Crippen molar-refractivity contribution in [2.24, 2.45) is 0 Å². The molecule has 200 valence electrons. The fourth-order valence-electron chi connectivity index (χ4n) is 7.13. The Morgan fingerprint density at radius 2 is 0.814 bits per heavy atom. The second-order valence-electron chi connectivity index (χ2n) is 11.3. The average Bonchev–Trinajstić information content (AvgIpc) is 3.07. The van der Waals surface area contributed by atoms with Gasteiger partial charge in [0.2, 0.25) is 0 Å².